The fourth-order valence-electron chi connectivity index (χ4n) is 3.75. The molecule has 0 spiro atoms. The van der Waals surface area contributed by atoms with E-state index in [1.807, 2.05) is 54.8 Å². The van der Waals surface area contributed by atoms with Crippen molar-refractivity contribution in [1.82, 2.24) is 14.7 Å². The Balaban J connectivity index is 0.00000265. The number of ether oxygens (including phenoxy) is 1. The summed E-state index contributed by atoms with van der Waals surface area (Å²) in [5, 5.41) is 18.6. The number of hydrogen-bond acceptors (Lipinski definition) is 7. The van der Waals surface area contributed by atoms with E-state index in [-0.39, 0.29) is 25.7 Å². The van der Waals surface area contributed by atoms with Crippen LogP contribution in [0.4, 0.5) is 0 Å². The average Bonchev–Trinajstić information content (AvgIpc) is 2.77. The molecule has 1 aliphatic rings. The summed E-state index contributed by atoms with van der Waals surface area (Å²) in [6.45, 7) is 9.15. The van der Waals surface area contributed by atoms with Crippen LogP contribution in [-0.4, -0.2) is 115 Å². The third-order valence-electron chi connectivity index (χ3n) is 5.41. The van der Waals surface area contributed by atoms with Crippen molar-refractivity contribution in [2.45, 2.75) is 33.2 Å². The zero-order chi connectivity index (χ0) is 24.6. The van der Waals surface area contributed by atoms with Crippen molar-refractivity contribution >= 4 is 18.2 Å². The van der Waals surface area contributed by atoms with Crippen molar-refractivity contribution in [1.29, 1.82) is 0 Å². The van der Waals surface area contributed by atoms with E-state index < -0.39 is 11.9 Å². The number of carboxylic acids is 2. The number of hydrogen-bond donors (Lipinski definition) is 2. The molecule has 0 aromatic heterocycles. The lowest BCUT2D eigenvalue weighted by Gasteiger charge is -2.36. The number of benzene rings is 1. The third kappa shape index (κ3) is 11.9. The summed E-state index contributed by atoms with van der Waals surface area (Å²) in [7, 11) is 0. The Morgan fingerprint density at radius 1 is 0.970 bits per heavy atom. The Kier molecular flexibility index (Phi) is 14.2. The average molecular weight is 466 g/mol. The highest BCUT2D eigenvalue weighted by atomic mass is 16.5. The number of carboxylic acid groups (broad SMARTS) is 2. The van der Waals surface area contributed by atoms with Gasteiger partial charge < -0.3 is 19.7 Å². The van der Waals surface area contributed by atoms with Gasteiger partial charge in [0.1, 0.15) is 6.29 Å². The molecule has 33 heavy (non-hydrogen) atoms. The van der Waals surface area contributed by atoms with Gasteiger partial charge in [0.15, 0.2) is 0 Å². The molecular formula is C24H39N3O6. The van der Waals surface area contributed by atoms with Crippen molar-refractivity contribution in [3.8, 4) is 0 Å². The van der Waals surface area contributed by atoms with E-state index >= 15 is 0 Å². The minimum Gasteiger partial charge on any atom is -0.480 e. The SMILES string of the molecule is CC.Cc1ccc(CC2CN(CC=O)CCN(CC(=O)O)CCOCCN2CC(=O)O)cc1. The molecule has 0 bridgehead atoms. The molecule has 9 heteroatoms. The van der Waals surface area contributed by atoms with E-state index in [0.717, 1.165) is 17.4 Å². The normalized spacial score (nSPS) is 19.4. The molecule has 1 unspecified atom stereocenters. The van der Waals surface area contributed by atoms with Gasteiger partial charge >= 0.3 is 11.9 Å². The largest absolute Gasteiger partial charge is 0.480 e. The van der Waals surface area contributed by atoms with E-state index in [2.05, 4.69) is 0 Å². The van der Waals surface area contributed by atoms with E-state index in [9.17, 15) is 19.5 Å². The van der Waals surface area contributed by atoms with Gasteiger partial charge in [0.05, 0.1) is 32.8 Å². The van der Waals surface area contributed by atoms with E-state index in [0.29, 0.717) is 52.4 Å². The first-order valence-corrected chi connectivity index (χ1v) is 11.6. The second kappa shape index (κ2) is 16.3. The minimum absolute atomic E-state index is 0.0871. The summed E-state index contributed by atoms with van der Waals surface area (Å²) in [5.41, 5.74) is 2.25. The molecule has 1 aromatic carbocycles. The second-order valence-corrected chi connectivity index (χ2v) is 7.92. The van der Waals surface area contributed by atoms with Crippen LogP contribution >= 0.6 is 0 Å². The van der Waals surface area contributed by atoms with Gasteiger partial charge in [0.2, 0.25) is 0 Å². The molecule has 1 saturated heterocycles. The van der Waals surface area contributed by atoms with Crippen molar-refractivity contribution in [3.05, 3.63) is 35.4 Å². The lowest BCUT2D eigenvalue weighted by atomic mass is 10.0. The molecule has 1 atom stereocenters. The molecular weight excluding hydrogens is 426 g/mol. The van der Waals surface area contributed by atoms with Crippen LogP contribution in [0.1, 0.15) is 25.0 Å². The van der Waals surface area contributed by atoms with Gasteiger partial charge in [-0.1, -0.05) is 43.7 Å². The zero-order valence-corrected chi connectivity index (χ0v) is 20.1. The van der Waals surface area contributed by atoms with Crippen molar-refractivity contribution in [2.75, 3.05) is 65.6 Å². The van der Waals surface area contributed by atoms with Crippen LogP contribution in [0.3, 0.4) is 0 Å². The molecule has 2 N–H and O–H groups in total. The van der Waals surface area contributed by atoms with Gasteiger partial charge in [0, 0.05) is 38.8 Å². The smallest absolute Gasteiger partial charge is 0.317 e. The van der Waals surface area contributed by atoms with E-state index in [4.69, 9.17) is 9.84 Å². The summed E-state index contributed by atoms with van der Waals surface area (Å²) in [5.74, 6) is -1.81. The monoisotopic (exact) mass is 465 g/mol. The minimum atomic E-state index is -0.907. The lowest BCUT2D eigenvalue weighted by molar-refractivity contribution is -0.139. The van der Waals surface area contributed by atoms with Crippen LogP contribution < -0.4 is 0 Å². The number of aldehydes is 1. The van der Waals surface area contributed by atoms with Crippen LogP contribution in [0.15, 0.2) is 24.3 Å². The zero-order valence-electron chi connectivity index (χ0n) is 20.1. The van der Waals surface area contributed by atoms with Crippen LogP contribution in [0, 0.1) is 6.92 Å². The van der Waals surface area contributed by atoms with Crippen LogP contribution in [0.25, 0.3) is 0 Å². The predicted molar refractivity (Wildman–Crippen MR) is 127 cm³/mol. The molecule has 186 valence electrons. The Labute approximate surface area is 196 Å². The number of nitrogens with zero attached hydrogens (tertiary/aromatic N) is 3. The maximum atomic E-state index is 11.5. The molecule has 0 amide bonds. The number of carbonyl (C=O) groups excluding carboxylic acids is 1. The third-order valence-corrected chi connectivity index (χ3v) is 5.41. The first-order valence-electron chi connectivity index (χ1n) is 11.6. The summed E-state index contributed by atoms with van der Waals surface area (Å²) >= 11 is 0. The van der Waals surface area contributed by atoms with Crippen molar-refractivity contribution in [3.63, 3.8) is 0 Å². The molecule has 1 heterocycles. The Hall–Kier alpha value is -2.33. The summed E-state index contributed by atoms with van der Waals surface area (Å²) in [6.07, 6.45) is 1.47. The van der Waals surface area contributed by atoms with Gasteiger partial charge in [-0.15, -0.1) is 0 Å². The van der Waals surface area contributed by atoms with Gasteiger partial charge in [-0.05, 0) is 18.9 Å². The van der Waals surface area contributed by atoms with Crippen LogP contribution in [0.5, 0.6) is 0 Å². The second-order valence-electron chi connectivity index (χ2n) is 7.92. The molecule has 1 aliphatic heterocycles. The Morgan fingerprint density at radius 2 is 1.58 bits per heavy atom. The van der Waals surface area contributed by atoms with E-state index in [1.54, 1.807) is 4.90 Å². The fraction of sp³-hybridized carbons (Fsp3) is 0.625. The Morgan fingerprint density at radius 3 is 2.18 bits per heavy atom. The molecule has 1 aromatic rings. The van der Waals surface area contributed by atoms with Crippen LogP contribution in [0.2, 0.25) is 0 Å². The van der Waals surface area contributed by atoms with Crippen molar-refractivity contribution < 1.29 is 29.3 Å². The quantitative estimate of drug-likeness (QED) is 0.548. The first kappa shape index (κ1) is 28.7. The van der Waals surface area contributed by atoms with Gasteiger partial charge in [-0.3, -0.25) is 24.3 Å². The number of carbonyl (C=O) groups is 3. The molecule has 2 rings (SSSR count). The summed E-state index contributed by atoms with van der Waals surface area (Å²) < 4.78 is 5.68. The molecule has 1 fully saturated rings. The number of aliphatic carboxylic acids is 2. The van der Waals surface area contributed by atoms with Gasteiger partial charge in [-0.25, -0.2) is 0 Å². The lowest BCUT2D eigenvalue weighted by Crippen LogP contribution is -2.51. The van der Waals surface area contributed by atoms with E-state index in [1.165, 1.54) is 0 Å². The van der Waals surface area contributed by atoms with Crippen LogP contribution in [-0.2, 0) is 25.5 Å². The first-order chi connectivity index (χ1) is 15.9. The molecule has 0 saturated carbocycles. The fourth-order valence-corrected chi connectivity index (χ4v) is 3.75. The summed E-state index contributed by atoms with van der Waals surface area (Å²) in [6, 6.07) is 8.01. The predicted octanol–water partition coefficient (Wildman–Crippen LogP) is 1.24. The van der Waals surface area contributed by atoms with Crippen molar-refractivity contribution in [2.24, 2.45) is 0 Å². The van der Waals surface area contributed by atoms with Gasteiger partial charge in [-0.2, -0.15) is 0 Å². The maximum absolute atomic E-state index is 11.5. The Bertz CT molecular complexity index is 713. The topological polar surface area (TPSA) is 111 Å². The standard InChI is InChI=1S/C22H33N3O6.C2H6/c1-18-2-4-19(5-3-18)14-20-15-23(8-11-26)6-7-24(16-21(27)28)9-12-31-13-10-25(20)17-22(29)30;1-2/h2-5,11,20H,6-10,12-17H2,1H3,(H,27,28)(H,29,30);1-2H3. The molecule has 0 aliphatic carbocycles. The summed E-state index contributed by atoms with van der Waals surface area (Å²) in [4.78, 5) is 39.6. The molecule has 0 radical (unpaired) electrons. The number of aryl methyl sites for hydroxylation is 1. The maximum Gasteiger partial charge on any atom is 0.317 e. The van der Waals surface area contributed by atoms with Gasteiger partial charge in [0.25, 0.3) is 0 Å². The highest BCUT2D eigenvalue weighted by Crippen LogP contribution is 2.13. The highest BCUT2D eigenvalue weighted by Gasteiger charge is 2.25. The molecule has 9 nitrogen and oxygen atoms in total. The number of rotatable bonds is 8. The highest BCUT2D eigenvalue weighted by molar-refractivity contribution is 5.69.